The van der Waals surface area contributed by atoms with E-state index in [9.17, 15) is 5.11 Å². The zero-order chi connectivity index (χ0) is 8.18. The molecule has 2 nitrogen and oxygen atoms in total. The van der Waals surface area contributed by atoms with Gasteiger partial charge in [0.2, 0.25) is 0 Å². The molecule has 2 aliphatic carbocycles. The first-order valence-electron chi connectivity index (χ1n) is 5.14. The molecule has 1 aliphatic heterocycles. The van der Waals surface area contributed by atoms with Crippen LogP contribution >= 0.6 is 0 Å². The number of hydrogen-bond donors (Lipinski definition) is 1. The van der Waals surface area contributed by atoms with Crippen molar-refractivity contribution in [2.75, 3.05) is 6.61 Å². The van der Waals surface area contributed by atoms with Gasteiger partial charge in [0.05, 0.1) is 12.2 Å². The number of hydrogen-bond acceptors (Lipinski definition) is 2. The maximum absolute atomic E-state index is 9.93. The summed E-state index contributed by atoms with van der Waals surface area (Å²) in [4.78, 5) is 0. The lowest BCUT2D eigenvalue weighted by atomic mass is 9.46. The summed E-state index contributed by atoms with van der Waals surface area (Å²) in [6.07, 6.45) is 6.43. The third kappa shape index (κ3) is 0.647. The highest BCUT2D eigenvalue weighted by atomic mass is 16.5. The number of rotatable bonds is 0. The second-order valence-corrected chi connectivity index (χ2v) is 4.63. The molecule has 0 amide bonds. The molecule has 12 heavy (non-hydrogen) atoms. The minimum absolute atomic E-state index is 0.0310. The first kappa shape index (κ1) is 7.34. The Morgan fingerprint density at radius 2 is 2.08 bits per heavy atom. The molecule has 0 aromatic rings. The van der Waals surface area contributed by atoms with Crippen molar-refractivity contribution in [1.29, 1.82) is 0 Å². The average Bonchev–Trinajstić information content (AvgIpc) is 2.01. The van der Waals surface area contributed by atoms with Crippen LogP contribution in [-0.4, -0.2) is 23.9 Å². The minimum Gasteiger partial charge on any atom is -0.392 e. The summed E-state index contributed by atoms with van der Waals surface area (Å²) in [5, 5.41) is 9.93. The second-order valence-electron chi connectivity index (χ2n) is 4.63. The zero-order valence-electron chi connectivity index (χ0n) is 7.33. The number of aliphatic hydroxyl groups is 1. The quantitative estimate of drug-likeness (QED) is 0.591. The largest absolute Gasteiger partial charge is 0.392 e. The van der Waals surface area contributed by atoms with Gasteiger partial charge >= 0.3 is 0 Å². The summed E-state index contributed by atoms with van der Waals surface area (Å²) < 4.78 is 5.75. The van der Waals surface area contributed by atoms with Crippen LogP contribution in [0.1, 0.15) is 32.1 Å². The van der Waals surface area contributed by atoms with E-state index in [0.717, 1.165) is 13.0 Å². The molecule has 1 saturated heterocycles. The van der Waals surface area contributed by atoms with Gasteiger partial charge in [0.25, 0.3) is 0 Å². The van der Waals surface area contributed by atoms with Gasteiger partial charge in [-0.3, -0.25) is 0 Å². The standard InChI is InChI=1S/C10H16O2/c11-8-7-3-1-6-12-9(7)10(8)4-2-5-10/h7-9,11H,1-6H2/t7-,8+,9+/m0/s1. The summed E-state index contributed by atoms with van der Waals surface area (Å²) in [5.74, 6) is 0.485. The molecule has 1 heterocycles. The van der Waals surface area contributed by atoms with E-state index in [4.69, 9.17) is 4.74 Å². The molecular formula is C10H16O2. The van der Waals surface area contributed by atoms with Crippen molar-refractivity contribution in [2.24, 2.45) is 11.3 Å². The van der Waals surface area contributed by atoms with Gasteiger partial charge in [-0.15, -0.1) is 0 Å². The predicted octanol–water partition coefficient (Wildman–Crippen LogP) is 1.33. The maximum atomic E-state index is 9.93. The van der Waals surface area contributed by atoms with E-state index in [-0.39, 0.29) is 11.5 Å². The van der Waals surface area contributed by atoms with Gasteiger partial charge in [0.1, 0.15) is 0 Å². The van der Waals surface area contributed by atoms with Crippen LogP contribution in [0.4, 0.5) is 0 Å². The van der Waals surface area contributed by atoms with Crippen LogP contribution in [0.2, 0.25) is 0 Å². The molecule has 1 N–H and O–H groups in total. The van der Waals surface area contributed by atoms with Gasteiger partial charge in [-0.1, -0.05) is 6.42 Å². The first-order chi connectivity index (χ1) is 5.84. The Kier molecular flexibility index (Phi) is 1.37. The van der Waals surface area contributed by atoms with Crippen molar-refractivity contribution in [3.8, 4) is 0 Å². The molecule has 0 aromatic heterocycles. The summed E-state index contributed by atoms with van der Waals surface area (Å²) in [5.41, 5.74) is 0.227. The van der Waals surface area contributed by atoms with E-state index in [2.05, 4.69) is 0 Å². The molecule has 0 bridgehead atoms. The molecule has 3 rings (SSSR count). The van der Waals surface area contributed by atoms with Gasteiger partial charge in [-0.25, -0.2) is 0 Å². The van der Waals surface area contributed by atoms with Crippen LogP contribution in [0.15, 0.2) is 0 Å². The molecule has 3 atom stereocenters. The smallest absolute Gasteiger partial charge is 0.0709 e. The Morgan fingerprint density at radius 3 is 2.75 bits per heavy atom. The highest BCUT2D eigenvalue weighted by Gasteiger charge is 2.64. The average molecular weight is 168 g/mol. The lowest BCUT2D eigenvalue weighted by Gasteiger charge is -2.64. The molecule has 1 spiro atoms. The Balaban J connectivity index is 1.80. The second kappa shape index (κ2) is 2.24. The molecular weight excluding hydrogens is 152 g/mol. The minimum atomic E-state index is -0.0310. The molecule has 0 aromatic carbocycles. The molecule has 2 heteroatoms. The molecule has 3 aliphatic rings. The molecule has 68 valence electrons. The normalized spacial score (nSPS) is 49.2. The van der Waals surface area contributed by atoms with Crippen LogP contribution in [0, 0.1) is 11.3 Å². The van der Waals surface area contributed by atoms with E-state index in [1.165, 1.54) is 25.7 Å². The Labute approximate surface area is 72.9 Å². The van der Waals surface area contributed by atoms with Crippen LogP contribution in [0.3, 0.4) is 0 Å². The summed E-state index contributed by atoms with van der Waals surface area (Å²) in [6, 6.07) is 0. The van der Waals surface area contributed by atoms with Crippen LogP contribution in [-0.2, 0) is 4.74 Å². The van der Waals surface area contributed by atoms with Gasteiger partial charge in [-0.2, -0.15) is 0 Å². The lowest BCUT2D eigenvalue weighted by molar-refractivity contribution is -0.285. The van der Waals surface area contributed by atoms with Crippen molar-refractivity contribution < 1.29 is 9.84 Å². The van der Waals surface area contributed by atoms with Gasteiger partial charge in [-0.05, 0) is 25.7 Å². The van der Waals surface area contributed by atoms with E-state index >= 15 is 0 Å². The van der Waals surface area contributed by atoms with E-state index in [1.807, 2.05) is 0 Å². The SMILES string of the molecule is O[C@@H]1[C@@H]2CCCO[C@H]2C12CCC2. The monoisotopic (exact) mass is 168 g/mol. The summed E-state index contributed by atoms with van der Waals surface area (Å²) >= 11 is 0. The molecule has 2 saturated carbocycles. The number of ether oxygens (including phenoxy) is 1. The first-order valence-corrected chi connectivity index (χ1v) is 5.14. The summed E-state index contributed by atoms with van der Waals surface area (Å²) in [7, 11) is 0. The molecule has 3 fully saturated rings. The lowest BCUT2D eigenvalue weighted by Crippen LogP contribution is -2.69. The zero-order valence-corrected chi connectivity index (χ0v) is 7.33. The fourth-order valence-corrected chi connectivity index (χ4v) is 3.36. The number of fused-ring (bicyclic) bond motifs is 2. The van der Waals surface area contributed by atoms with Crippen molar-refractivity contribution in [3.05, 3.63) is 0 Å². The van der Waals surface area contributed by atoms with Crippen LogP contribution in [0.5, 0.6) is 0 Å². The third-order valence-corrected chi connectivity index (χ3v) is 4.21. The third-order valence-electron chi connectivity index (χ3n) is 4.21. The van der Waals surface area contributed by atoms with Crippen LogP contribution in [0.25, 0.3) is 0 Å². The van der Waals surface area contributed by atoms with Gasteiger partial charge < -0.3 is 9.84 Å². The summed E-state index contributed by atoms with van der Waals surface area (Å²) in [6.45, 7) is 0.926. The van der Waals surface area contributed by atoms with Crippen molar-refractivity contribution in [1.82, 2.24) is 0 Å². The van der Waals surface area contributed by atoms with Crippen molar-refractivity contribution in [3.63, 3.8) is 0 Å². The Bertz CT molecular complexity index is 198. The van der Waals surface area contributed by atoms with Crippen molar-refractivity contribution >= 4 is 0 Å². The fraction of sp³-hybridized carbons (Fsp3) is 1.00. The highest BCUT2D eigenvalue weighted by molar-refractivity contribution is 5.14. The Hall–Kier alpha value is -0.0800. The van der Waals surface area contributed by atoms with E-state index < -0.39 is 0 Å². The molecule has 0 unspecified atom stereocenters. The Morgan fingerprint density at radius 1 is 1.25 bits per heavy atom. The van der Waals surface area contributed by atoms with Crippen LogP contribution < -0.4 is 0 Å². The molecule has 0 radical (unpaired) electrons. The topological polar surface area (TPSA) is 29.5 Å². The van der Waals surface area contributed by atoms with E-state index in [0.29, 0.717) is 12.0 Å². The van der Waals surface area contributed by atoms with E-state index in [1.54, 1.807) is 0 Å². The predicted molar refractivity (Wildman–Crippen MR) is 44.8 cm³/mol. The number of aliphatic hydroxyl groups excluding tert-OH is 1. The highest BCUT2D eigenvalue weighted by Crippen LogP contribution is 2.62. The van der Waals surface area contributed by atoms with Gasteiger partial charge in [0.15, 0.2) is 0 Å². The fourth-order valence-electron chi connectivity index (χ4n) is 3.36. The maximum Gasteiger partial charge on any atom is 0.0709 e. The van der Waals surface area contributed by atoms with Gasteiger partial charge in [0, 0.05) is 17.9 Å². The van der Waals surface area contributed by atoms with Crippen molar-refractivity contribution in [2.45, 2.75) is 44.3 Å².